The maximum atomic E-state index is 4.27. The fourth-order valence-corrected chi connectivity index (χ4v) is 2.61. The van der Waals surface area contributed by atoms with Crippen molar-refractivity contribution >= 4 is 33.8 Å². The van der Waals surface area contributed by atoms with Gasteiger partial charge in [-0.3, -0.25) is 0 Å². The van der Waals surface area contributed by atoms with E-state index in [4.69, 9.17) is 0 Å². The van der Waals surface area contributed by atoms with E-state index in [1.807, 2.05) is 4.68 Å². The fourth-order valence-electron chi connectivity index (χ4n) is 2.13. The van der Waals surface area contributed by atoms with Gasteiger partial charge in [0.1, 0.15) is 10.0 Å². The summed E-state index contributed by atoms with van der Waals surface area (Å²) in [5.41, 5.74) is 1.70. The van der Waals surface area contributed by atoms with Crippen molar-refractivity contribution in [1.29, 1.82) is 0 Å². The molecule has 0 saturated heterocycles. The van der Waals surface area contributed by atoms with Gasteiger partial charge in [-0.2, -0.15) is 0 Å². The summed E-state index contributed by atoms with van der Waals surface area (Å²) in [6, 6.07) is 0.487. The minimum Gasteiger partial charge on any atom is -0.228 e. The van der Waals surface area contributed by atoms with Gasteiger partial charge >= 0.3 is 0 Å². The molecule has 1 aliphatic carbocycles. The van der Waals surface area contributed by atoms with Gasteiger partial charge in [0.05, 0.1) is 6.04 Å². The van der Waals surface area contributed by atoms with Crippen LogP contribution in [0.4, 0.5) is 0 Å². The molecule has 5 nitrogen and oxygen atoms in total. The molecule has 0 bridgehead atoms. The van der Waals surface area contributed by atoms with Crippen molar-refractivity contribution in [1.82, 2.24) is 25.0 Å². The summed E-state index contributed by atoms with van der Waals surface area (Å²) in [6.45, 7) is 0. The van der Waals surface area contributed by atoms with E-state index in [-0.39, 0.29) is 0 Å². The van der Waals surface area contributed by atoms with Gasteiger partial charge in [0.25, 0.3) is 0 Å². The molecule has 0 unspecified atom stereocenters. The van der Waals surface area contributed by atoms with Crippen LogP contribution in [0.3, 0.4) is 0 Å². The molecular weight excluding hydrogens is 305 g/mol. The van der Waals surface area contributed by atoms with Gasteiger partial charge in [-0.15, -0.1) is 5.10 Å². The summed E-state index contributed by atoms with van der Waals surface area (Å²) < 4.78 is 2.84. The summed E-state index contributed by atoms with van der Waals surface area (Å²) >= 11 is 2.17. The van der Waals surface area contributed by atoms with Crippen LogP contribution < -0.4 is 0 Å². The van der Waals surface area contributed by atoms with Crippen molar-refractivity contribution in [2.24, 2.45) is 0 Å². The highest BCUT2D eigenvalue weighted by Gasteiger charge is 2.21. The third kappa shape index (κ3) is 1.51. The molecule has 2 aromatic rings. The van der Waals surface area contributed by atoms with E-state index in [1.54, 1.807) is 6.33 Å². The van der Waals surface area contributed by atoms with Gasteiger partial charge in [0, 0.05) is 0 Å². The number of fused-ring (bicyclic) bond motifs is 1. The Hall–Kier alpha value is -0.790. The van der Waals surface area contributed by atoms with E-state index in [9.17, 15) is 0 Å². The highest BCUT2D eigenvalue weighted by atomic mass is 127. The van der Waals surface area contributed by atoms with Crippen molar-refractivity contribution in [3.05, 3.63) is 10.0 Å². The quantitative estimate of drug-likeness (QED) is 0.596. The molecule has 0 atom stereocenters. The monoisotopic (exact) mass is 315 g/mol. The number of aromatic nitrogens is 5. The zero-order chi connectivity index (χ0) is 10.3. The highest BCUT2D eigenvalue weighted by Crippen LogP contribution is 2.30. The molecule has 0 aromatic carbocycles. The minimum atomic E-state index is 0.487. The molecule has 78 valence electrons. The van der Waals surface area contributed by atoms with Gasteiger partial charge in [0.15, 0.2) is 11.2 Å². The van der Waals surface area contributed by atoms with Gasteiger partial charge in [0.2, 0.25) is 0 Å². The number of halogens is 1. The molecule has 0 radical (unpaired) electrons. The standard InChI is InChI=1S/C9H10IN5/c10-8-7-9(12-5-11-8)15(14-13-7)6-3-1-2-4-6/h5-6H,1-4H2. The molecule has 0 amide bonds. The summed E-state index contributed by atoms with van der Waals surface area (Å²) in [4.78, 5) is 8.38. The lowest BCUT2D eigenvalue weighted by Crippen LogP contribution is -2.07. The molecule has 3 rings (SSSR count). The second-order valence-corrected chi connectivity index (χ2v) is 4.83. The number of rotatable bonds is 1. The van der Waals surface area contributed by atoms with Crippen molar-refractivity contribution in [2.45, 2.75) is 31.7 Å². The van der Waals surface area contributed by atoms with Crippen molar-refractivity contribution in [2.75, 3.05) is 0 Å². The van der Waals surface area contributed by atoms with Crippen LogP contribution in [0.2, 0.25) is 0 Å². The molecule has 15 heavy (non-hydrogen) atoms. The molecule has 6 heteroatoms. The highest BCUT2D eigenvalue weighted by molar-refractivity contribution is 14.1. The Morgan fingerprint density at radius 3 is 2.87 bits per heavy atom. The summed E-state index contributed by atoms with van der Waals surface area (Å²) in [5, 5.41) is 8.34. The predicted octanol–water partition coefficient (Wildman–Crippen LogP) is 1.94. The SMILES string of the molecule is Ic1ncnc2c1nnn2C1CCCC1. The van der Waals surface area contributed by atoms with Crippen molar-refractivity contribution < 1.29 is 0 Å². The maximum Gasteiger partial charge on any atom is 0.182 e. The Labute approximate surface area is 100 Å². The van der Waals surface area contributed by atoms with Crippen LogP contribution in [0.15, 0.2) is 6.33 Å². The van der Waals surface area contributed by atoms with E-state index in [2.05, 4.69) is 42.9 Å². The Morgan fingerprint density at radius 2 is 2.07 bits per heavy atom. The summed E-state index contributed by atoms with van der Waals surface area (Å²) in [6.07, 6.45) is 6.54. The first-order valence-electron chi connectivity index (χ1n) is 5.07. The second kappa shape index (κ2) is 3.66. The molecule has 0 aliphatic heterocycles. The average molecular weight is 315 g/mol. The van der Waals surface area contributed by atoms with Crippen LogP contribution >= 0.6 is 22.6 Å². The molecule has 1 fully saturated rings. The first-order valence-corrected chi connectivity index (χ1v) is 6.15. The third-order valence-electron chi connectivity index (χ3n) is 2.89. The van der Waals surface area contributed by atoms with Gasteiger partial charge in [-0.1, -0.05) is 18.1 Å². The van der Waals surface area contributed by atoms with E-state index < -0.39 is 0 Å². The molecule has 1 aliphatic rings. The fraction of sp³-hybridized carbons (Fsp3) is 0.556. The van der Waals surface area contributed by atoms with Crippen LogP contribution in [-0.2, 0) is 0 Å². The van der Waals surface area contributed by atoms with Crippen LogP contribution in [0, 0.1) is 3.70 Å². The third-order valence-corrected chi connectivity index (χ3v) is 3.68. The Morgan fingerprint density at radius 1 is 1.27 bits per heavy atom. The minimum absolute atomic E-state index is 0.487. The zero-order valence-corrected chi connectivity index (χ0v) is 10.3. The number of nitrogens with zero attached hydrogens (tertiary/aromatic N) is 5. The largest absolute Gasteiger partial charge is 0.228 e. The molecule has 0 N–H and O–H groups in total. The van der Waals surface area contributed by atoms with Crippen LogP contribution in [0.25, 0.3) is 11.2 Å². The summed E-state index contributed by atoms with van der Waals surface area (Å²) in [5.74, 6) is 0. The zero-order valence-electron chi connectivity index (χ0n) is 8.10. The first-order chi connectivity index (χ1) is 7.36. The van der Waals surface area contributed by atoms with Crippen molar-refractivity contribution in [3.63, 3.8) is 0 Å². The van der Waals surface area contributed by atoms with Gasteiger partial charge in [-0.25, -0.2) is 14.6 Å². The van der Waals surface area contributed by atoms with Crippen LogP contribution in [0.1, 0.15) is 31.7 Å². The molecule has 2 aromatic heterocycles. The average Bonchev–Trinajstić information content (AvgIpc) is 2.85. The van der Waals surface area contributed by atoms with Gasteiger partial charge < -0.3 is 0 Å². The smallest absolute Gasteiger partial charge is 0.182 e. The Kier molecular flexibility index (Phi) is 2.30. The lowest BCUT2D eigenvalue weighted by Gasteiger charge is -2.08. The van der Waals surface area contributed by atoms with Crippen LogP contribution in [0.5, 0.6) is 0 Å². The molecule has 2 heterocycles. The maximum absolute atomic E-state index is 4.27. The Balaban J connectivity index is 2.15. The lowest BCUT2D eigenvalue weighted by molar-refractivity contribution is 0.464. The molecule has 1 saturated carbocycles. The number of hydrogen-bond donors (Lipinski definition) is 0. The van der Waals surface area contributed by atoms with E-state index in [0.29, 0.717) is 6.04 Å². The molecule has 0 spiro atoms. The topological polar surface area (TPSA) is 56.5 Å². The van der Waals surface area contributed by atoms with Gasteiger partial charge in [-0.05, 0) is 35.4 Å². The normalized spacial score (nSPS) is 17.7. The number of hydrogen-bond acceptors (Lipinski definition) is 4. The second-order valence-electron chi connectivity index (χ2n) is 3.81. The molecular formula is C9H10IN5. The Bertz CT molecular complexity index is 488. The summed E-state index contributed by atoms with van der Waals surface area (Å²) in [7, 11) is 0. The lowest BCUT2D eigenvalue weighted by atomic mass is 10.2. The van der Waals surface area contributed by atoms with Crippen molar-refractivity contribution in [3.8, 4) is 0 Å². The van der Waals surface area contributed by atoms with E-state index >= 15 is 0 Å². The van der Waals surface area contributed by atoms with E-state index in [0.717, 1.165) is 14.9 Å². The first kappa shape index (κ1) is 9.44. The predicted molar refractivity (Wildman–Crippen MR) is 63.3 cm³/mol. The van der Waals surface area contributed by atoms with E-state index in [1.165, 1.54) is 25.7 Å². The van der Waals surface area contributed by atoms with Crippen LogP contribution in [-0.4, -0.2) is 25.0 Å².